The first-order valence-corrected chi connectivity index (χ1v) is 6.76. The predicted octanol–water partition coefficient (Wildman–Crippen LogP) is 3.55. The van der Waals surface area contributed by atoms with E-state index in [1.807, 2.05) is 44.2 Å². The van der Waals surface area contributed by atoms with Crippen molar-refractivity contribution in [3.05, 3.63) is 47.7 Å². The van der Waals surface area contributed by atoms with Crippen molar-refractivity contribution < 1.29 is 9.53 Å². The van der Waals surface area contributed by atoms with Crippen LogP contribution in [0.25, 0.3) is 0 Å². The molecule has 20 heavy (non-hydrogen) atoms. The zero-order valence-electron chi connectivity index (χ0n) is 11.6. The highest BCUT2D eigenvalue weighted by molar-refractivity contribution is 6.09. The number of fused-ring (bicyclic) bond motifs is 2. The molecule has 4 heteroatoms. The Morgan fingerprint density at radius 2 is 2.10 bits per heavy atom. The van der Waals surface area contributed by atoms with E-state index < -0.39 is 0 Å². The van der Waals surface area contributed by atoms with Gasteiger partial charge in [-0.3, -0.25) is 9.69 Å². The van der Waals surface area contributed by atoms with Gasteiger partial charge in [-0.1, -0.05) is 18.6 Å². The van der Waals surface area contributed by atoms with Crippen LogP contribution < -0.4 is 9.64 Å². The summed E-state index contributed by atoms with van der Waals surface area (Å²) >= 11 is 0. The molecule has 0 spiro atoms. The maximum Gasteiger partial charge on any atom is 0.263 e. The molecule has 0 unspecified atom stereocenters. The standard InChI is InChI=1S/C16H16N2O2/c1-3-9-18-15-14(5-4-8-17-15)20-13-7-6-11(2)10-12(13)16(18)19/h4-8,10H,3,9H2,1-2H3. The molecule has 4 nitrogen and oxygen atoms in total. The first-order valence-electron chi connectivity index (χ1n) is 6.76. The molecule has 0 aliphatic carbocycles. The number of hydrogen-bond acceptors (Lipinski definition) is 3. The summed E-state index contributed by atoms with van der Waals surface area (Å²) in [7, 11) is 0. The van der Waals surface area contributed by atoms with E-state index in [4.69, 9.17) is 4.74 Å². The van der Waals surface area contributed by atoms with E-state index in [-0.39, 0.29) is 5.91 Å². The van der Waals surface area contributed by atoms with E-state index >= 15 is 0 Å². The number of amides is 1. The second-order valence-electron chi connectivity index (χ2n) is 4.88. The van der Waals surface area contributed by atoms with Crippen LogP contribution in [0, 0.1) is 6.92 Å². The molecule has 0 atom stereocenters. The van der Waals surface area contributed by atoms with Gasteiger partial charge in [0.2, 0.25) is 0 Å². The fourth-order valence-electron chi connectivity index (χ4n) is 2.36. The van der Waals surface area contributed by atoms with Crippen LogP contribution in [0.5, 0.6) is 11.5 Å². The number of pyridine rings is 1. The molecule has 3 rings (SSSR count). The van der Waals surface area contributed by atoms with Crippen LogP contribution in [0.3, 0.4) is 0 Å². The minimum atomic E-state index is -0.0528. The van der Waals surface area contributed by atoms with Gasteiger partial charge in [-0.2, -0.15) is 0 Å². The van der Waals surface area contributed by atoms with Gasteiger partial charge in [-0.15, -0.1) is 0 Å². The first-order chi connectivity index (χ1) is 9.70. The maximum absolute atomic E-state index is 12.7. The number of anilines is 1. The van der Waals surface area contributed by atoms with Gasteiger partial charge in [0, 0.05) is 12.7 Å². The van der Waals surface area contributed by atoms with Crippen LogP contribution in [0.2, 0.25) is 0 Å². The fourth-order valence-corrected chi connectivity index (χ4v) is 2.36. The summed E-state index contributed by atoms with van der Waals surface area (Å²) in [5.41, 5.74) is 1.63. The van der Waals surface area contributed by atoms with Crippen molar-refractivity contribution in [3.63, 3.8) is 0 Å². The molecule has 1 amide bonds. The van der Waals surface area contributed by atoms with Gasteiger partial charge < -0.3 is 4.74 Å². The van der Waals surface area contributed by atoms with Crippen LogP contribution in [0.4, 0.5) is 5.82 Å². The van der Waals surface area contributed by atoms with Gasteiger partial charge in [0.05, 0.1) is 5.56 Å². The minimum Gasteiger partial charge on any atom is -0.453 e. The summed E-state index contributed by atoms with van der Waals surface area (Å²) < 4.78 is 5.88. The van der Waals surface area contributed by atoms with Crippen LogP contribution in [-0.2, 0) is 0 Å². The zero-order valence-corrected chi connectivity index (χ0v) is 11.6. The summed E-state index contributed by atoms with van der Waals surface area (Å²) in [6.07, 6.45) is 2.54. The van der Waals surface area contributed by atoms with Gasteiger partial charge in [0.15, 0.2) is 11.6 Å². The van der Waals surface area contributed by atoms with Crippen molar-refractivity contribution >= 4 is 11.7 Å². The number of aryl methyl sites for hydroxylation is 1. The normalized spacial score (nSPS) is 13.3. The van der Waals surface area contributed by atoms with Crippen LogP contribution >= 0.6 is 0 Å². The summed E-state index contributed by atoms with van der Waals surface area (Å²) in [5, 5.41) is 0. The quantitative estimate of drug-likeness (QED) is 0.836. The van der Waals surface area contributed by atoms with Crippen molar-refractivity contribution in [2.24, 2.45) is 0 Å². The smallest absolute Gasteiger partial charge is 0.263 e. The third kappa shape index (κ3) is 2.03. The number of carbonyl (C=O) groups excluding carboxylic acids is 1. The Balaban J connectivity index is 2.19. The molecule has 1 aromatic carbocycles. The van der Waals surface area contributed by atoms with Gasteiger partial charge in [-0.25, -0.2) is 4.98 Å². The lowest BCUT2D eigenvalue weighted by atomic mass is 10.1. The molecule has 2 heterocycles. The highest BCUT2D eigenvalue weighted by Crippen LogP contribution is 2.37. The zero-order chi connectivity index (χ0) is 14.1. The number of nitrogens with zero attached hydrogens (tertiary/aromatic N) is 2. The number of rotatable bonds is 2. The number of aromatic nitrogens is 1. The third-order valence-electron chi connectivity index (χ3n) is 3.28. The third-order valence-corrected chi connectivity index (χ3v) is 3.28. The number of benzene rings is 1. The van der Waals surface area contributed by atoms with E-state index in [0.717, 1.165) is 12.0 Å². The second-order valence-corrected chi connectivity index (χ2v) is 4.88. The van der Waals surface area contributed by atoms with E-state index in [1.165, 1.54) is 0 Å². The Kier molecular flexibility index (Phi) is 3.14. The minimum absolute atomic E-state index is 0.0528. The fraction of sp³-hybridized carbons (Fsp3) is 0.250. The molecule has 1 aliphatic rings. The van der Waals surface area contributed by atoms with Gasteiger partial charge >= 0.3 is 0 Å². The van der Waals surface area contributed by atoms with Crippen molar-refractivity contribution in [1.82, 2.24) is 4.98 Å². The molecule has 1 aromatic heterocycles. The molecule has 0 radical (unpaired) electrons. The molecule has 2 aromatic rings. The second kappa shape index (κ2) is 4.96. The number of hydrogen-bond donors (Lipinski definition) is 0. The molecule has 0 N–H and O–H groups in total. The number of carbonyl (C=O) groups is 1. The van der Waals surface area contributed by atoms with Gasteiger partial charge in [0.25, 0.3) is 5.91 Å². The monoisotopic (exact) mass is 268 g/mol. The molecule has 102 valence electrons. The summed E-state index contributed by atoms with van der Waals surface area (Å²) in [6, 6.07) is 9.30. The highest BCUT2D eigenvalue weighted by Gasteiger charge is 2.28. The SMILES string of the molecule is CCCN1C(=O)c2cc(C)ccc2Oc2cccnc21. The lowest BCUT2D eigenvalue weighted by molar-refractivity contribution is 0.0986. The average molecular weight is 268 g/mol. The maximum atomic E-state index is 12.7. The van der Waals surface area contributed by atoms with E-state index in [2.05, 4.69) is 4.98 Å². The summed E-state index contributed by atoms with van der Waals surface area (Å²) in [5.74, 6) is 1.75. The molecule has 0 fully saturated rings. The van der Waals surface area contributed by atoms with Crippen molar-refractivity contribution in [1.29, 1.82) is 0 Å². The molecular formula is C16H16N2O2. The summed E-state index contributed by atoms with van der Waals surface area (Å²) in [4.78, 5) is 18.8. The van der Waals surface area contributed by atoms with Crippen molar-refractivity contribution in [2.75, 3.05) is 11.4 Å². The van der Waals surface area contributed by atoms with Crippen LogP contribution in [-0.4, -0.2) is 17.4 Å². The Bertz CT molecular complexity index is 667. The predicted molar refractivity (Wildman–Crippen MR) is 77.5 cm³/mol. The molecular weight excluding hydrogens is 252 g/mol. The van der Waals surface area contributed by atoms with Crippen molar-refractivity contribution in [3.8, 4) is 11.5 Å². The molecule has 0 saturated heterocycles. The van der Waals surface area contributed by atoms with Gasteiger partial charge in [-0.05, 0) is 37.6 Å². The lowest BCUT2D eigenvalue weighted by Gasteiger charge is -2.19. The van der Waals surface area contributed by atoms with Gasteiger partial charge in [0.1, 0.15) is 5.75 Å². The largest absolute Gasteiger partial charge is 0.453 e. The lowest BCUT2D eigenvalue weighted by Crippen LogP contribution is -2.31. The Hall–Kier alpha value is -2.36. The van der Waals surface area contributed by atoms with E-state index in [1.54, 1.807) is 11.1 Å². The van der Waals surface area contributed by atoms with Crippen LogP contribution in [0.1, 0.15) is 29.3 Å². The first kappa shape index (κ1) is 12.7. The van der Waals surface area contributed by atoms with Crippen molar-refractivity contribution in [2.45, 2.75) is 20.3 Å². The Morgan fingerprint density at radius 3 is 2.90 bits per heavy atom. The topological polar surface area (TPSA) is 42.4 Å². The average Bonchev–Trinajstić information content (AvgIpc) is 2.57. The molecule has 0 saturated carbocycles. The van der Waals surface area contributed by atoms with Crippen LogP contribution in [0.15, 0.2) is 36.5 Å². The van der Waals surface area contributed by atoms with E-state index in [0.29, 0.717) is 29.4 Å². The molecule has 0 bridgehead atoms. The Labute approximate surface area is 118 Å². The van der Waals surface area contributed by atoms with E-state index in [9.17, 15) is 4.79 Å². The highest BCUT2D eigenvalue weighted by atomic mass is 16.5. The number of ether oxygens (including phenoxy) is 1. The molecule has 1 aliphatic heterocycles. The Morgan fingerprint density at radius 1 is 1.25 bits per heavy atom. The summed E-state index contributed by atoms with van der Waals surface area (Å²) in [6.45, 7) is 4.63.